The minimum absolute atomic E-state index is 0.0982. The lowest BCUT2D eigenvalue weighted by atomic mass is 9.68. The van der Waals surface area contributed by atoms with Gasteiger partial charge in [-0.3, -0.25) is 14.5 Å². The van der Waals surface area contributed by atoms with Crippen LogP contribution in [0.4, 0.5) is 0 Å². The topological polar surface area (TPSA) is 152 Å². The molecule has 1 fully saturated rings. The van der Waals surface area contributed by atoms with E-state index in [0.29, 0.717) is 29.8 Å². The van der Waals surface area contributed by atoms with Gasteiger partial charge >= 0.3 is 0 Å². The number of carbonyl (C=O) groups is 1. The van der Waals surface area contributed by atoms with Crippen molar-refractivity contribution >= 4 is 16.8 Å². The molecular weight excluding hydrogens is 418 g/mol. The fraction of sp³-hybridized carbons (Fsp3) is 0.261. The van der Waals surface area contributed by atoms with Crippen LogP contribution in [0.3, 0.4) is 0 Å². The van der Waals surface area contributed by atoms with Gasteiger partial charge in [0.1, 0.15) is 11.4 Å². The molecule has 10 nitrogen and oxygen atoms in total. The molecule has 3 aromatic heterocycles. The molecule has 0 radical (unpaired) electrons. The van der Waals surface area contributed by atoms with Crippen LogP contribution in [-0.2, 0) is 12.6 Å². The van der Waals surface area contributed by atoms with E-state index in [9.17, 15) is 15.3 Å². The minimum Gasteiger partial charge on any atom is -0.364 e. The Kier molecular flexibility index (Phi) is 4.64. The Bertz CT molecular complexity index is 1480. The van der Waals surface area contributed by atoms with Gasteiger partial charge in [0.05, 0.1) is 47.9 Å². The number of primary amides is 1. The van der Waals surface area contributed by atoms with Crippen LogP contribution >= 0.6 is 0 Å². The van der Waals surface area contributed by atoms with Gasteiger partial charge in [-0.25, -0.2) is 0 Å². The number of nitrogens with zero attached hydrogens (tertiary/aromatic N) is 8. The van der Waals surface area contributed by atoms with Crippen molar-refractivity contribution in [3.8, 4) is 34.5 Å². The summed E-state index contributed by atoms with van der Waals surface area (Å²) in [5.41, 5.74) is 8.76. The number of benzene rings is 1. The predicted octanol–water partition coefficient (Wildman–Crippen LogP) is 2.54. The average Bonchev–Trinajstić information content (AvgIpc) is 3.42. The first-order valence-electron chi connectivity index (χ1n) is 10.4. The van der Waals surface area contributed by atoms with Crippen molar-refractivity contribution < 1.29 is 4.79 Å². The summed E-state index contributed by atoms with van der Waals surface area (Å²) < 4.78 is 1.45. The number of aromatic nitrogens is 6. The molecule has 1 aliphatic rings. The molecule has 1 amide bonds. The maximum atomic E-state index is 12.0. The van der Waals surface area contributed by atoms with Gasteiger partial charge in [0.2, 0.25) is 0 Å². The van der Waals surface area contributed by atoms with Crippen LogP contribution in [0, 0.1) is 28.6 Å². The molecule has 162 valence electrons. The van der Waals surface area contributed by atoms with Gasteiger partial charge in [0.25, 0.3) is 5.91 Å². The van der Waals surface area contributed by atoms with Crippen LogP contribution < -0.4 is 5.73 Å². The number of aryl methyl sites for hydroxylation is 1. The van der Waals surface area contributed by atoms with Crippen molar-refractivity contribution in [1.29, 1.82) is 10.5 Å². The highest BCUT2D eigenvalue weighted by atomic mass is 16.1. The van der Waals surface area contributed by atoms with E-state index < -0.39 is 11.4 Å². The lowest BCUT2D eigenvalue weighted by Crippen LogP contribution is -2.47. The number of pyridine rings is 1. The molecule has 0 bridgehead atoms. The van der Waals surface area contributed by atoms with E-state index in [1.807, 2.05) is 24.3 Å². The lowest BCUT2D eigenvalue weighted by Gasteiger charge is -2.42. The third-order valence-corrected chi connectivity index (χ3v) is 6.24. The Morgan fingerprint density at radius 3 is 2.79 bits per heavy atom. The molecule has 1 saturated carbocycles. The summed E-state index contributed by atoms with van der Waals surface area (Å²) in [5, 5.41) is 32.8. The number of amides is 1. The normalized spacial score (nSPS) is 19.5. The van der Waals surface area contributed by atoms with E-state index >= 15 is 0 Å². The first-order chi connectivity index (χ1) is 16.0. The van der Waals surface area contributed by atoms with E-state index in [2.05, 4.69) is 27.3 Å². The van der Waals surface area contributed by atoms with Crippen LogP contribution in [0.2, 0.25) is 0 Å². The molecule has 0 saturated heterocycles. The van der Waals surface area contributed by atoms with Crippen LogP contribution in [0.5, 0.6) is 0 Å². The summed E-state index contributed by atoms with van der Waals surface area (Å²) in [6.07, 6.45) is 6.28. The zero-order valence-corrected chi connectivity index (χ0v) is 17.8. The van der Waals surface area contributed by atoms with Crippen LogP contribution in [0.25, 0.3) is 33.3 Å². The number of rotatable bonds is 5. The summed E-state index contributed by atoms with van der Waals surface area (Å²) in [4.78, 5) is 18.1. The molecule has 33 heavy (non-hydrogen) atoms. The van der Waals surface area contributed by atoms with Crippen molar-refractivity contribution in [2.75, 3.05) is 0 Å². The highest BCUT2D eigenvalue weighted by Gasteiger charge is 2.48. The Hall–Kier alpha value is -4.57. The molecule has 0 aliphatic heterocycles. The Morgan fingerprint density at radius 2 is 2.06 bits per heavy atom. The van der Waals surface area contributed by atoms with Gasteiger partial charge in [-0.05, 0) is 36.6 Å². The number of carbonyl (C=O) groups excluding carboxylic acids is 1. The van der Waals surface area contributed by atoms with Crippen LogP contribution in [-0.4, -0.2) is 35.7 Å². The van der Waals surface area contributed by atoms with Gasteiger partial charge in [-0.2, -0.15) is 30.6 Å². The summed E-state index contributed by atoms with van der Waals surface area (Å²) >= 11 is 0. The molecule has 5 rings (SSSR count). The Morgan fingerprint density at radius 1 is 1.24 bits per heavy atom. The lowest BCUT2D eigenvalue weighted by molar-refractivity contribution is 0.0713. The molecule has 0 spiro atoms. The molecule has 4 aromatic rings. The Labute approximate surface area is 188 Å². The van der Waals surface area contributed by atoms with Crippen molar-refractivity contribution in [2.45, 2.75) is 24.8 Å². The van der Waals surface area contributed by atoms with Crippen LogP contribution in [0.1, 0.15) is 29.8 Å². The third kappa shape index (κ3) is 3.20. The smallest absolute Gasteiger partial charge is 0.267 e. The highest BCUT2D eigenvalue weighted by molar-refractivity contribution is 6.02. The summed E-state index contributed by atoms with van der Waals surface area (Å²) in [6.45, 7) is 0. The minimum atomic E-state index is -0.575. The maximum absolute atomic E-state index is 12.0. The van der Waals surface area contributed by atoms with Crippen LogP contribution in [0.15, 0.2) is 42.9 Å². The van der Waals surface area contributed by atoms with Gasteiger partial charge < -0.3 is 5.73 Å². The summed E-state index contributed by atoms with van der Waals surface area (Å²) in [6, 6.07) is 12.0. The highest BCUT2D eigenvalue weighted by Crippen LogP contribution is 2.45. The molecule has 0 atom stereocenters. The first-order valence-corrected chi connectivity index (χ1v) is 10.4. The molecule has 1 aromatic carbocycles. The van der Waals surface area contributed by atoms with E-state index in [1.165, 1.54) is 4.68 Å². The number of hydrogen-bond donors (Lipinski definition) is 1. The zero-order valence-electron chi connectivity index (χ0n) is 17.8. The van der Waals surface area contributed by atoms with E-state index in [0.717, 1.165) is 22.0 Å². The number of fused-ring (bicyclic) bond motifs is 1. The molecule has 0 unspecified atom stereocenters. The van der Waals surface area contributed by atoms with Crippen molar-refractivity contribution in [2.24, 2.45) is 18.7 Å². The number of nitriles is 2. The second-order valence-corrected chi connectivity index (χ2v) is 8.30. The SMILES string of the molecule is Cn1ncc(-c2cc(-c3cnn(C4(CC#N)CC(C#N)C4)n3)c3cccnc3c2)c1C(N)=O. The average molecular weight is 437 g/mol. The van der Waals surface area contributed by atoms with E-state index in [1.54, 1.807) is 30.4 Å². The predicted molar refractivity (Wildman–Crippen MR) is 118 cm³/mol. The van der Waals surface area contributed by atoms with Crippen molar-refractivity contribution in [1.82, 2.24) is 29.8 Å². The number of hydrogen-bond acceptors (Lipinski definition) is 7. The molecule has 10 heteroatoms. The summed E-state index contributed by atoms with van der Waals surface area (Å²) in [7, 11) is 1.66. The zero-order chi connectivity index (χ0) is 23.2. The Balaban J connectivity index is 1.65. The second-order valence-electron chi connectivity index (χ2n) is 8.30. The van der Waals surface area contributed by atoms with E-state index in [4.69, 9.17) is 10.8 Å². The maximum Gasteiger partial charge on any atom is 0.267 e. The van der Waals surface area contributed by atoms with Crippen molar-refractivity contribution in [3.05, 3.63) is 48.5 Å². The molecule has 1 aliphatic carbocycles. The second kappa shape index (κ2) is 7.53. The summed E-state index contributed by atoms with van der Waals surface area (Å²) in [5.74, 6) is -0.673. The fourth-order valence-corrected chi connectivity index (χ4v) is 4.58. The molecule has 3 heterocycles. The monoisotopic (exact) mass is 437 g/mol. The largest absolute Gasteiger partial charge is 0.364 e. The third-order valence-electron chi connectivity index (χ3n) is 6.24. The first kappa shape index (κ1) is 20.3. The van der Waals surface area contributed by atoms with Crippen molar-refractivity contribution in [3.63, 3.8) is 0 Å². The number of nitrogens with two attached hydrogens (primary N) is 1. The molecule has 2 N–H and O–H groups in total. The van der Waals surface area contributed by atoms with Gasteiger partial charge in [-0.15, -0.1) is 0 Å². The fourth-order valence-electron chi connectivity index (χ4n) is 4.58. The standard InChI is InChI=1S/C23H19N9O/c1-31-21(22(26)33)18(12-28-31)15-7-17(16-3-2-6-27-19(16)8-15)20-13-29-32(30-20)23(4-5-24)9-14(10-23)11-25/h2-3,6-8,12-14H,4,9-10H2,1H3,(H2,26,33). The quantitative estimate of drug-likeness (QED) is 0.503. The van der Waals surface area contributed by atoms with Gasteiger partial charge in [0, 0.05) is 29.8 Å². The molecular formula is C23H19N9O. The van der Waals surface area contributed by atoms with E-state index in [-0.39, 0.29) is 12.3 Å². The van der Waals surface area contributed by atoms with Gasteiger partial charge in [0.15, 0.2) is 0 Å². The van der Waals surface area contributed by atoms with Gasteiger partial charge in [-0.1, -0.05) is 6.07 Å².